The summed E-state index contributed by atoms with van der Waals surface area (Å²) in [6, 6.07) is 16.2. The van der Waals surface area contributed by atoms with Gasteiger partial charge in [-0.3, -0.25) is 4.98 Å². The quantitative estimate of drug-likeness (QED) is 0.303. The summed E-state index contributed by atoms with van der Waals surface area (Å²) >= 11 is 6.07. The van der Waals surface area contributed by atoms with Crippen LogP contribution in [0.25, 0.3) is 11.3 Å². The van der Waals surface area contributed by atoms with Gasteiger partial charge in [-0.2, -0.15) is 0 Å². The summed E-state index contributed by atoms with van der Waals surface area (Å²) in [6.45, 7) is 9.28. The summed E-state index contributed by atoms with van der Waals surface area (Å²) in [5, 5.41) is 9.77. The molecule has 0 amide bonds. The highest BCUT2D eigenvalue weighted by Crippen LogP contribution is 2.29. The van der Waals surface area contributed by atoms with E-state index in [1.807, 2.05) is 31.2 Å². The molecule has 2 heterocycles. The Morgan fingerprint density at radius 1 is 0.842 bits per heavy atom. The van der Waals surface area contributed by atoms with Crippen molar-refractivity contribution >= 4 is 23.0 Å². The number of fused-ring (bicyclic) bond motifs is 2. The molecule has 3 aromatic rings. The molecule has 2 aromatic heterocycles. The lowest BCUT2D eigenvalue weighted by Crippen LogP contribution is -2.26. The van der Waals surface area contributed by atoms with Crippen molar-refractivity contribution in [3.8, 4) is 11.3 Å². The summed E-state index contributed by atoms with van der Waals surface area (Å²) in [4.78, 5) is 21.4. The molecule has 198 valence electrons. The van der Waals surface area contributed by atoms with Gasteiger partial charge in [-0.1, -0.05) is 66.9 Å². The van der Waals surface area contributed by atoms with Gasteiger partial charge in [0, 0.05) is 21.7 Å². The Morgan fingerprint density at radius 3 is 2.29 bits per heavy atom. The summed E-state index contributed by atoms with van der Waals surface area (Å²) in [5.74, 6) is 0.482. The number of hydrogen-bond acceptors (Lipinski definition) is 6. The van der Waals surface area contributed by atoms with Gasteiger partial charge in [-0.15, -0.1) is 0 Å². The molecule has 7 heteroatoms. The first-order chi connectivity index (χ1) is 18.3. The lowest BCUT2D eigenvalue weighted by molar-refractivity contribution is -0.000373. The van der Waals surface area contributed by atoms with Crippen molar-refractivity contribution in [1.29, 1.82) is 0 Å². The van der Waals surface area contributed by atoms with Crippen LogP contribution >= 0.6 is 11.6 Å². The highest BCUT2D eigenvalue weighted by molar-refractivity contribution is 6.30. The van der Waals surface area contributed by atoms with E-state index < -0.39 is 0 Å². The SMILES string of the molecule is Cc1ccc2c(n1)/C(=N/OCC(C)(C)CO/N=C1/CC(C)Cc3ccc(-c4ccc(Cl)cc4)nc31)CCC2. The van der Waals surface area contributed by atoms with Crippen LogP contribution < -0.4 is 0 Å². The molecule has 6 nitrogen and oxygen atoms in total. The third-order valence-electron chi connectivity index (χ3n) is 7.01. The maximum atomic E-state index is 6.07. The number of aromatic nitrogens is 2. The predicted octanol–water partition coefficient (Wildman–Crippen LogP) is 7.19. The van der Waals surface area contributed by atoms with E-state index in [0.717, 1.165) is 71.9 Å². The van der Waals surface area contributed by atoms with Crippen LogP contribution in [0.2, 0.25) is 5.02 Å². The number of aryl methyl sites for hydroxylation is 2. The fourth-order valence-electron chi connectivity index (χ4n) is 4.94. The first-order valence-electron chi connectivity index (χ1n) is 13.4. The minimum Gasteiger partial charge on any atom is -0.395 e. The Labute approximate surface area is 230 Å². The molecular weight excluding hydrogens is 496 g/mol. The molecule has 2 aliphatic carbocycles. The molecule has 0 radical (unpaired) electrons. The van der Waals surface area contributed by atoms with Crippen molar-refractivity contribution < 1.29 is 9.68 Å². The highest BCUT2D eigenvalue weighted by Gasteiger charge is 2.25. The van der Waals surface area contributed by atoms with Crippen LogP contribution in [0.4, 0.5) is 0 Å². The Balaban J connectivity index is 1.25. The second-order valence-corrected chi connectivity index (χ2v) is 11.8. The number of rotatable bonds is 7. The smallest absolute Gasteiger partial charge is 0.125 e. The number of nitrogens with zero attached hydrogens (tertiary/aromatic N) is 4. The first kappa shape index (κ1) is 26.4. The van der Waals surface area contributed by atoms with E-state index in [1.54, 1.807) is 0 Å². The van der Waals surface area contributed by atoms with Crippen LogP contribution in [0.5, 0.6) is 0 Å². The fraction of sp³-hybridized carbons (Fsp3) is 0.419. The third-order valence-corrected chi connectivity index (χ3v) is 7.27. The normalized spacial score (nSPS) is 19.2. The van der Waals surface area contributed by atoms with Crippen LogP contribution in [0.15, 0.2) is 58.8 Å². The Bertz CT molecular complexity index is 1360. The molecule has 0 N–H and O–H groups in total. The summed E-state index contributed by atoms with van der Waals surface area (Å²) in [5.41, 5.74) is 8.85. The van der Waals surface area contributed by atoms with Gasteiger partial charge in [0.05, 0.1) is 17.1 Å². The van der Waals surface area contributed by atoms with Gasteiger partial charge in [0.25, 0.3) is 0 Å². The van der Waals surface area contributed by atoms with Crippen LogP contribution in [0.1, 0.15) is 68.2 Å². The van der Waals surface area contributed by atoms with Crippen LogP contribution in [-0.4, -0.2) is 34.6 Å². The lowest BCUT2D eigenvalue weighted by atomic mass is 9.86. The molecule has 0 bridgehead atoms. The number of oxime groups is 2. The van der Waals surface area contributed by atoms with Crippen molar-refractivity contribution in [2.75, 3.05) is 13.2 Å². The lowest BCUT2D eigenvalue weighted by Gasteiger charge is -2.24. The van der Waals surface area contributed by atoms with E-state index in [4.69, 9.17) is 31.2 Å². The van der Waals surface area contributed by atoms with E-state index in [1.165, 1.54) is 11.1 Å². The number of benzene rings is 1. The minimum absolute atomic E-state index is 0.270. The van der Waals surface area contributed by atoms with Gasteiger partial charge in [0.1, 0.15) is 24.6 Å². The molecule has 5 rings (SSSR count). The molecule has 0 spiro atoms. The molecule has 1 atom stereocenters. The van der Waals surface area contributed by atoms with Crippen molar-refractivity contribution in [1.82, 2.24) is 9.97 Å². The fourth-order valence-corrected chi connectivity index (χ4v) is 5.07. The van der Waals surface area contributed by atoms with E-state index in [0.29, 0.717) is 24.2 Å². The van der Waals surface area contributed by atoms with E-state index in [-0.39, 0.29) is 5.41 Å². The van der Waals surface area contributed by atoms with Crippen LogP contribution in [-0.2, 0) is 22.5 Å². The Morgan fingerprint density at radius 2 is 1.53 bits per heavy atom. The Hall–Kier alpha value is -3.25. The van der Waals surface area contributed by atoms with Gasteiger partial charge in [0.2, 0.25) is 0 Å². The highest BCUT2D eigenvalue weighted by atomic mass is 35.5. The van der Waals surface area contributed by atoms with E-state index in [2.05, 4.69) is 55.3 Å². The summed E-state index contributed by atoms with van der Waals surface area (Å²) < 4.78 is 0. The van der Waals surface area contributed by atoms with Crippen molar-refractivity contribution in [2.24, 2.45) is 21.6 Å². The molecule has 1 unspecified atom stereocenters. The minimum atomic E-state index is -0.270. The number of hydrogen-bond donors (Lipinski definition) is 0. The number of halogens is 1. The zero-order valence-corrected chi connectivity index (χ0v) is 23.4. The van der Waals surface area contributed by atoms with Gasteiger partial charge < -0.3 is 9.68 Å². The van der Waals surface area contributed by atoms with Gasteiger partial charge in [-0.25, -0.2) is 4.98 Å². The van der Waals surface area contributed by atoms with Gasteiger partial charge >= 0.3 is 0 Å². The molecule has 1 aromatic carbocycles. The maximum Gasteiger partial charge on any atom is 0.125 e. The second-order valence-electron chi connectivity index (χ2n) is 11.3. The van der Waals surface area contributed by atoms with Crippen LogP contribution in [0, 0.1) is 18.3 Å². The monoisotopic (exact) mass is 530 g/mol. The topological polar surface area (TPSA) is 69.0 Å². The predicted molar refractivity (Wildman–Crippen MR) is 153 cm³/mol. The number of pyridine rings is 2. The summed E-state index contributed by atoms with van der Waals surface area (Å²) in [6.07, 6.45) is 4.81. The molecule has 0 saturated carbocycles. The standard InChI is InChI=1S/C31H35ClN4O2/c1-20-16-24-12-15-26(22-10-13-25(32)14-11-22)34-30(24)28(17-20)36-38-19-31(3,4)18-37-35-27-7-5-6-23-9-8-21(2)33-29(23)27/h8-15,20H,5-7,16-19H2,1-4H3/b35-27+,36-28-. The van der Waals surface area contributed by atoms with E-state index in [9.17, 15) is 0 Å². The van der Waals surface area contributed by atoms with Gasteiger partial charge in [-0.05, 0) is 80.3 Å². The average Bonchev–Trinajstić information content (AvgIpc) is 2.89. The maximum absolute atomic E-state index is 6.07. The summed E-state index contributed by atoms with van der Waals surface area (Å²) in [7, 11) is 0. The zero-order valence-electron chi connectivity index (χ0n) is 22.6. The molecule has 2 aliphatic rings. The zero-order chi connectivity index (χ0) is 26.7. The average molecular weight is 531 g/mol. The first-order valence-corrected chi connectivity index (χ1v) is 13.8. The van der Waals surface area contributed by atoms with E-state index >= 15 is 0 Å². The van der Waals surface area contributed by atoms with Crippen molar-refractivity contribution in [3.05, 3.63) is 81.8 Å². The molecule has 38 heavy (non-hydrogen) atoms. The molecule has 0 fully saturated rings. The molecular formula is C31H35ClN4O2. The molecule has 0 aliphatic heterocycles. The van der Waals surface area contributed by atoms with Crippen LogP contribution in [0.3, 0.4) is 0 Å². The largest absolute Gasteiger partial charge is 0.395 e. The van der Waals surface area contributed by atoms with Crippen molar-refractivity contribution in [3.63, 3.8) is 0 Å². The van der Waals surface area contributed by atoms with Gasteiger partial charge in [0.15, 0.2) is 0 Å². The van der Waals surface area contributed by atoms with Crippen molar-refractivity contribution in [2.45, 2.75) is 59.8 Å². The Kier molecular flexibility index (Phi) is 7.80. The second kappa shape index (κ2) is 11.2. The molecule has 0 saturated heterocycles. The third kappa shape index (κ3) is 6.24.